The summed E-state index contributed by atoms with van der Waals surface area (Å²) in [6.07, 6.45) is 6.76. The molecule has 0 unspecified atom stereocenters. The van der Waals surface area contributed by atoms with Gasteiger partial charge >= 0.3 is 5.97 Å². The largest absolute Gasteiger partial charge is 0.481 e. The van der Waals surface area contributed by atoms with Crippen molar-refractivity contribution in [2.24, 2.45) is 5.92 Å². The summed E-state index contributed by atoms with van der Waals surface area (Å²) >= 11 is 6.53. The fraction of sp³-hybridized carbons (Fsp3) is 0.591. The van der Waals surface area contributed by atoms with E-state index in [1.807, 2.05) is 6.08 Å². The van der Waals surface area contributed by atoms with E-state index in [-0.39, 0.29) is 29.0 Å². The van der Waals surface area contributed by atoms with Crippen LogP contribution < -0.4 is 0 Å². The van der Waals surface area contributed by atoms with Crippen molar-refractivity contribution in [3.05, 3.63) is 47.5 Å². The average molecular weight is 379 g/mol. The van der Waals surface area contributed by atoms with Crippen LogP contribution in [0, 0.1) is 5.92 Å². The van der Waals surface area contributed by atoms with Gasteiger partial charge in [0, 0.05) is 17.7 Å². The molecule has 0 aliphatic heterocycles. The van der Waals surface area contributed by atoms with Gasteiger partial charge in [-0.2, -0.15) is 0 Å². The lowest BCUT2D eigenvalue weighted by atomic mass is 9.82. The summed E-state index contributed by atoms with van der Waals surface area (Å²) in [5.41, 5.74) is 2.55. The highest BCUT2D eigenvalue weighted by Gasteiger charge is 2.41. The van der Waals surface area contributed by atoms with Gasteiger partial charge in [-0.3, -0.25) is 4.79 Å². The topological polar surface area (TPSA) is 57.5 Å². The van der Waals surface area contributed by atoms with Crippen molar-refractivity contribution in [3.63, 3.8) is 0 Å². The number of unbranched alkanes of at least 4 members (excludes halogenated alkanes) is 1. The van der Waals surface area contributed by atoms with Crippen LogP contribution in [0.4, 0.5) is 0 Å². The van der Waals surface area contributed by atoms with Gasteiger partial charge in [0.05, 0.1) is 6.10 Å². The average Bonchev–Trinajstić information content (AvgIpc) is 2.83. The minimum Gasteiger partial charge on any atom is -0.481 e. The summed E-state index contributed by atoms with van der Waals surface area (Å²) in [5, 5.41) is 19.2. The Morgan fingerprint density at radius 1 is 1.23 bits per heavy atom. The van der Waals surface area contributed by atoms with Gasteiger partial charge in [0.25, 0.3) is 0 Å². The predicted molar refractivity (Wildman–Crippen MR) is 107 cm³/mol. The van der Waals surface area contributed by atoms with E-state index in [0.29, 0.717) is 12.8 Å². The lowest BCUT2D eigenvalue weighted by Crippen LogP contribution is -2.19. The highest BCUT2D eigenvalue weighted by Crippen LogP contribution is 2.45. The fourth-order valence-corrected chi connectivity index (χ4v) is 4.22. The summed E-state index contributed by atoms with van der Waals surface area (Å²) in [6.45, 7) is 6.58. The second-order valence-electron chi connectivity index (χ2n) is 8.37. The number of alkyl halides is 1. The molecule has 0 radical (unpaired) electrons. The van der Waals surface area contributed by atoms with Crippen molar-refractivity contribution >= 4 is 17.6 Å². The molecule has 0 aromatic heterocycles. The Morgan fingerprint density at radius 3 is 2.46 bits per heavy atom. The molecule has 1 aromatic carbocycles. The molecule has 26 heavy (non-hydrogen) atoms. The lowest BCUT2D eigenvalue weighted by Gasteiger charge is -2.25. The Hall–Kier alpha value is -1.32. The molecule has 1 saturated carbocycles. The van der Waals surface area contributed by atoms with Crippen molar-refractivity contribution in [3.8, 4) is 0 Å². The number of carboxylic acid groups (broad SMARTS) is 1. The van der Waals surface area contributed by atoms with Crippen molar-refractivity contribution in [1.82, 2.24) is 0 Å². The molecule has 1 aromatic rings. The van der Waals surface area contributed by atoms with E-state index in [9.17, 15) is 9.90 Å². The molecule has 0 spiro atoms. The van der Waals surface area contributed by atoms with E-state index in [1.165, 1.54) is 5.56 Å². The summed E-state index contributed by atoms with van der Waals surface area (Å²) in [4.78, 5) is 10.5. The summed E-state index contributed by atoms with van der Waals surface area (Å²) < 4.78 is 0. The van der Waals surface area contributed by atoms with E-state index in [0.717, 1.165) is 18.4 Å². The molecule has 4 heteroatoms. The number of hydrogen-bond acceptors (Lipinski definition) is 2. The third-order valence-electron chi connectivity index (χ3n) is 5.31. The Bertz CT molecular complexity index is 615. The first-order valence-corrected chi connectivity index (χ1v) is 9.93. The van der Waals surface area contributed by atoms with Gasteiger partial charge in [0.15, 0.2) is 0 Å². The minimum atomic E-state index is -0.753. The molecule has 0 bridgehead atoms. The number of carboxylic acids is 1. The van der Waals surface area contributed by atoms with Crippen LogP contribution in [0.15, 0.2) is 36.4 Å². The number of benzene rings is 1. The van der Waals surface area contributed by atoms with Crippen molar-refractivity contribution < 1.29 is 15.0 Å². The number of rotatable bonds is 7. The van der Waals surface area contributed by atoms with Crippen LogP contribution in [0.2, 0.25) is 0 Å². The van der Waals surface area contributed by atoms with Crippen molar-refractivity contribution in [2.45, 2.75) is 75.7 Å². The maximum absolute atomic E-state index is 10.5. The molecule has 0 saturated heterocycles. The Balaban J connectivity index is 2.03. The van der Waals surface area contributed by atoms with Gasteiger partial charge in [-0.1, -0.05) is 57.2 Å². The standard InChI is InChI=1S/C22H31ClO3/c1-22(2,3)16-12-10-15(11-13-16)21-17(18(23)14-19(21)24)8-6-4-5-7-9-20(25)26/h4,6,10-13,17-19,21,24H,5,7-9,14H2,1-3H3,(H,25,26)/t17-,18+,19+,21+/m0/s1. The van der Waals surface area contributed by atoms with Gasteiger partial charge in [-0.05, 0) is 48.1 Å². The zero-order valence-corrected chi connectivity index (χ0v) is 16.7. The number of aliphatic carboxylic acids is 1. The van der Waals surface area contributed by atoms with Crippen LogP contribution in [0.5, 0.6) is 0 Å². The van der Waals surface area contributed by atoms with Crippen LogP contribution in [0.3, 0.4) is 0 Å². The first-order valence-electron chi connectivity index (χ1n) is 9.49. The normalized spacial score (nSPS) is 26.5. The number of hydrogen-bond donors (Lipinski definition) is 2. The molecule has 0 heterocycles. The fourth-order valence-electron chi connectivity index (χ4n) is 3.77. The smallest absolute Gasteiger partial charge is 0.303 e. The van der Waals surface area contributed by atoms with Crippen LogP contribution >= 0.6 is 11.6 Å². The number of allylic oxidation sites excluding steroid dienone is 2. The molecular formula is C22H31ClO3. The maximum Gasteiger partial charge on any atom is 0.303 e. The predicted octanol–water partition coefficient (Wildman–Crippen LogP) is 5.26. The quantitative estimate of drug-likeness (QED) is 0.386. The van der Waals surface area contributed by atoms with Gasteiger partial charge in [-0.25, -0.2) is 0 Å². The van der Waals surface area contributed by atoms with Crippen LogP contribution in [0.1, 0.15) is 69.9 Å². The van der Waals surface area contributed by atoms with E-state index in [4.69, 9.17) is 16.7 Å². The molecule has 3 nitrogen and oxygen atoms in total. The second kappa shape index (κ2) is 9.05. The summed E-state index contributed by atoms with van der Waals surface area (Å²) in [5.74, 6) is -0.505. The number of halogens is 1. The monoisotopic (exact) mass is 378 g/mol. The zero-order chi connectivity index (χ0) is 19.3. The van der Waals surface area contributed by atoms with Crippen LogP contribution in [-0.2, 0) is 10.2 Å². The van der Waals surface area contributed by atoms with Gasteiger partial charge in [-0.15, -0.1) is 11.6 Å². The summed E-state index contributed by atoms with van der Waals surface area (Å²) in [7, 11) is 0. The SMILES string of the molecule is CC(C)(C)c1ccc([C@@H]2[C@@H](CC=CCCCC(=O)O)[C@H](Cl)C[C@H]2O)cc1. The Morgan fingerprint density at radius 2 is 1.88 bits per heavy atom. The Labute approximate surface area is 162 Å². The molecule has 1 aliphatic rings. The molecule has 0 amide bonds. The van der Waals surface area contributed by atoms with E-state index in [2.05, 4.69) is 51.1 Å². The summed E-state index contributed by atoms with van der Waals surface area (Å²) in [6, 6.07) is 8.57. The second-order valence-corrected chi connectivity index (χ2v) is 8.93. The minimum absolute atomic E-state index is 0.0408. The molecule has 1 aliphatic carbocycles. The van der Waals surface area contributed by atoms with E-state index >= 15 is 0 Å². The number of aliphatic hydroxyl groups is 1. The van der Waals surface area contributed by atoms with E-state index in [1.54, 1.807) is 0 Å². The van der Waals surface area contributed by atoms with Crippen molar-refractivity contribution in [1.29, 1.82) is 0 Å². The molecule has 144 valence electrons. The number of carbonyl (C=O) groups is 1. The first kappa shape index (κ1) is 21.0. The van der Waals surface area contributed by atoms with Gasteiger partial charge < -0.3 is 10.2 Å². The molecule has 2 rings (SSSR count). The lowest BCUT2D eigenvalue weighted by molar-refractivity contribution is -0.137. The molecular weight excluding hydrogens is 348 g/mol. The highest BCUT2D eigenvalue weighted by molar-refractivity contribution is 6.21. The number of aliphatic hydroxyl groups excluding tert-OH is 1. The first-order chi connectivity index (χ1) is 12.2. The third-order valence-corrected chi connectivity index (χ3v) is 5.81. The van der Waals surface area contributed by atoms with Crippen LogP contribution in [0.25, 0.3) is 0 Å². The maximum atomic E-state index is 10.5. The highest BCUT2D eigenvalue weighted by atomic mass is 35.5. The van der Waals surface area contributed by atoms with Crippen LogP contribution in [-0.4, -0.2) is 27.7 Å². The molecule has 2 N–H and O–H groups in total. The molecule has 1 fully saturated rings. The van der Waals surface area contributed by atoms with Gasteiger partial charge in [0.2, 0.25) is 0 Å². The Kier molecular flexibility index (Phi) is 7.31. The molecule has 4 atom stereocenters. The van der Waals surface area contributed by atoms with E-state index < -0.39 is 12.1 Å². The third kappa shape index (κ3) is 5.59. The van der Waals surface area contributed by atoms with Crippen molar-refractivity contribution in [2.75, 3.05) is 0 Å². The van der Waals surface area contributed by atoms with Gasteiger partial charge in [0.1, 0.15) is 0 Å². The zero-order valence-electron chi connectivity index (χ0n) is 16.0.